The van der Waals surface area contributed by atoms with Gasteiger partial charge in [-0.3, -0.25) is 14.4 Å². The Morgan fingerprint density at radius 1 is 1.05 bits per heavy atom. The van der Waals surface area contributed by atoms with Crippen molar-refractivity contribution in [3.05, 3.63) is 35.4 Å². The van der Waals surface area contributed by atoms with Crippen LogP contribution in [0.15, 0.2) is 24.3 Å². The molecule has 21 heavy (non-hydrogen) atoms. The van der Waals surface area contributed by atoms with Crippen LogP contribution in [0.2, 0.25) is 0 Å². The Balaban J connectivity index is 2.29. The molecule has 2 rings (SSSR count). The summed E-state index contributed by atoms with van der Waals surface area (Å²) in [4.78, 5) is 34.5. The van der Waals surface area contributed by atoms with Gasteiger partial charge in [0.15, 0.2) is 5.78 Å². The van der Waals surface area contributed by atoms with Crippen LogP contribution in [-0.4, -0.2) is 27.9 Å². The van der Waals surface area contributed by atoms with Gasteiger partial charge in [0.2, 0.25) is 0 Å². The molecule has 1 aliphatic carbocycles. The zero-order valence-electron chi connectivity index (χ0n) is 11.7. The van der Waals surface area contributed by atoms with Gasteiger partial charge in [0.05, 0.1) is 0 Å². The lowest BCUT2D eigenvalue weighted by atomic mass is 9.65. The molecule has 5 heteroatoms. The van der Waals surface area contributed by atoms with Gasteiger partial charge in [0.1, 0.15) is 0 Å². The van der Waals surface area contributed by atoms with E-state index in [1.54, 1.807) is 12.1 Å². The molecule has 0 saturated carbocycles. The molecule has 1 aromatic carbocycles. The topological polar surface area (TPSA) is 91.7 Å². The van der Waals surface area contributed by atoms with Gasteiger partial charge in [-0.2, -0.15) is 0 Å². The SMILES string of the molecule is O=C(O)CCC1(CCC(=O)O)CCc2ccccc2C1=O. The van der Waals surface area contributed by atoms with E-state index in [0.29, 0.717) is 18.4 Å². The summed E-state index contributed by atoms with van der Waals surface area (Å²) in [6, 6.07) is 7.29. The minimum atomic E-state index is -0.962. The van der Waals surface area contributed by atoms with E-state index in [1.165, 1.54) is 0 Å². The molecular formula is C16H18O5. The molecule has 0 saturated heterocycles. The highest BCUT2D eigenvalue weighted by atomic mass is 16.4. The number of benzene rings is 1. The third-order valence-corrected chi connectivity index (χ3v) is 4.25. The summed E-state index contributed by atoms with van der Waals surface area (Å²) < 4.78 is 0. The molecular weight excluding hydrogens is 272 g/mol. The van der Waals surface area contributed by atoms with Crippen molar-refractivity contribution in [2.24, 2.45) is 5.41 Å². The van der Waals surface area contributed by atoms with E-state index in [0.717, 1.165) is 5.56 Å². The first-order valence-electron chi connectivity index (χ1n) is 7.01. The maximum atomic E-state index is 12.8. The molecule has 0 atom stereocenters. The van der Waals surface area contributed by atoms with Crippen LogP contribution in [0.1, 0.15) is 48.0 Å². The van der Waals surface area contributed by atoms with Crippen LogP contribution >= 0.6 is 0 Å². The Hall–Kier alpha value is -2.17. The summed E-state index contributed by atoms with van der Waals surface area (Å²) in [6.45, 7) is 0. The summed E-state index contributed by atoms with van der Waals surface area (Å²) in [5, 5.41) is 17.8. The highest BCUT2D eigenvalue weighted by Gasteiger charge is 2.42. The highest BCUT2D eigenvalue weighted by Crippen LogP contribution is 2.42. The summed E-state index contributed by atoms with van der Waals surface area (Å²) in [5.41, 5.74) is 0.716. The van der Waals surface area contributed by atoms with Gasteiger partial charge in [-0.05, 0) is 31.2 Å². The van der Waals surface area contributed by atoms with E-state index >= 15 is 0 Å². The van der Waals surface area contributed by atoms with Crippen molar-refractivity contribution in [3.8, 4) is 0 Å². The number of aliphatic carboxylic acids is 2. The van der Waals surface area contributed by atoms with E-state index in [2.05, 4.69) is 0 Å². The number of carbonyl (C=O) groups is 3. The van der Waals surface area contributed by atoms with Gasteiger partial charge >= 0.3 is 11.9 Å². The number of Topliss-reactive ketones (excluding diaryl/α,β-unsaturated/α-hetero) is 1. The lowest BCUT2D eigenvalue weighted by molar-refractivity contribution is -0.137. The van der Waals surface area contributed by atoms with Gasteiger partial charge in [0, 0.05) is 23.8 Å². The minimum absolute atomic E-state index is 0.105. The van der Waals surface area contributed by atoms with Crippen molar-refractivity contribution >= 4 is 17.7 Å². The molecule has 0 spiro atoms. The Kier molecular flexibility index (Phi) is 4.40. The number of carboxylic acids is 2. The lowest BCUT2D eigenvalue weighted by Crippen LogP contribution is -2.37. The predicted molar refractivity (Wildman–Crippen MR) is 75.3 cm³/mol. The predicted octanol–water partition coefficient (Wildman–Crippen LogP) is 2.53. The Morgan fingerprint density at radius 3 is 2.19 bits per heavy atom. The lowest BCUT2D eigenvalue weighted by Gasteiger charge is -2.36. The van der Waals surface area contributed by atoms with Crippen molar-refractivity contribution in [2.45, 2.75) is 38.5 Å². The highest BCUT2D eigenvalue weighted by molar-refractivity contribution is 6.03. The Morgan fingerprint density at radius 2 is 1.62 bits per heavy atom. The Bertz CT molecular complexity index is 558. The number of fused-ring (bicyclic) bond motifs is 1. The largest absolute Gasteiger partial charge is 0.481 e. The number of aryl methyl sites for hydroxylation is 1. The molecule has 1 aromatic rings. The normalized spacial score (nSPS) is 16.3. The van der Waals surface area contributed by atoms with E-state index in [1.807, 2.05) is 12.1 Å². The second kappa shape index (κ2) is 6.08. The van der Waals surface area contributed by atoms with Crippen LogP contribution < -0.4 is 0 Å². The fraction of sp³-hybridized carbons (Fsp3) is 0.438. The number of hydrogen-bond acceptors (Lipinski definition) is 3. The monoisotopic (exact) mass is 290 g/mol. The van der Waals surface area contributed by atoms with Gasteiger partial charge in [-0.15, -0.1) is 0 Å². The number of ketones is 1. The van der Waals surface area contributed by atoms with E-state index in [-0.39, 0.29) is 31.5 Å². The van der Waals surface area contributed by atoms with Crippen molar-refractivity contribution in [1.29, 1.82) is 0 Å². The third-order valence-electron chi connectivity index (χ3n) is 4.25. The third kappa shape index (κ3) is 3.29. The van der Waals surface area contributed by atoms with Crippen LogP contribution in [-0.2, 0) is 16.0 Å². The van der Waals surface area contributed by atoms with Crippen molar-refractivity contribution in [1.82, 2.24) is 0 Å². The smallest absolute Gasteiger partial charge is 0.303 e. The van der Waals surface area contributed by atoms with Gasteiger partial charge < -0.3 is 10.2 Å². The first-order chi connectivity index (χ1) is 9.94. The standard InChI is InChI=1S/C16H18O5/c17-13(18)6-9-16(10-7-14(19)20)8-5-11-3-1-2-4-12(11)15(16)21/h1-4H,5-10H2,(H,17,18)(H,19,20). The first kappa shape index (κ1) is 15.2. The molecule has 0 fully saturated rings. The molecule has 0 amide bonds. The molecule has 0 radical (unpaired) electrons. The second-order valence-electron chi connectivity index (χ2n) is 5.55. The second-order valence-corrected chi connectivity index (χ2v) is 5.55. The summed E-state index contributed by atoms with van der Waals surface area (Å²) >= 11 is 0. The van der Waals surface area contributed by atoms with E-state index in [4.69, 9.17) is 10.2 Å². The summed E-state index contributed by atoms with van der Waals surface area (Å²) in [7, 11) is 0. The average molecular weight is 290 g/mol. The van der Waals surface area contributed by atoms with Crippen LogP contribution in [0.4, 0.5) is 0 Å². The zero-order chi connectivity index (χ0) is 15.5. The van der Waals surface area contributed by atoms with Gasteiger partial charge in [-0.25, -0.2) is 0 Å². The fourth-order valence-electron chi connectivity index (χ4n) is 3.03. The van der Waals surface area contributed by atoms with Gasteiger partial charge in [0.25, 0.3) is 0 Å². The summed E-state index contributed by atoms with van der Waals surface area (Å²) in [5.74, 6) is -2.03. The molecule has 2 N–H and O–H groups in total. The fourth-order valence-corrected chi connectivity index (χ4v) is 3.03. The van der Waals surface area contributed by atoms with E-state index in [9.17, 15) is 14.4 Å². The molecule has 0 bridgehead atoms. The zero-order valence-corrected chi connectivity index (χ0v) is 11.7. The molecule has 5 nitrogen and oxygen atoms in total. The number of carboxylic acid groups (broad SMARTS) is 2. The van der Waals surface area contributed by atoms with Gasteiger partial charge in [-0.1, -0.05) is 24.3 Å². The van der Waals surface area contributed by atoms with Crippen LogP contribution in [0.25, 0.3) is 0 Å². The summed E-state index contributed by atoms with van der Waals surface area (Å²) in [6.07, 6.45) is 1.36. The molecule has 112 valence electrons. The van der Waals surface area contributed by atoms with Crippen molar-refractivity contribution in [3.63, 3.8) is 0 Å². The molecule has 0 aliphatic heterocycles. The Labute approximate surface area is 122 Å². The van der Waals surface area contributed by atoms with E-state index < -0.39 is 17.4 Å². The maximum Gasteiger partial charge on any atom is 0.303 e. The molecule has 0 heterocycles. The van der Waals surface area contributed by atoms with Crippen molar-refractivity contribution < 1.29 is 24.6 Å². The number of carbonyl (C=O) groups excluding carboxylic acids is 1. The number of hydrogen-bond donors (Lipinski definition) is 2. The number of rotatable bonds is 6. The quantitative estimate of drug-likeness (QED) is 0.840. The van der Waals surface area contributed by atoms with Crippen LogP contribution in [0, 0.1) is 5.41 Å². The van der Waals surface area contributed by atoms with Crippen LogP contribution in [0.5, 0.6) is 0 Å². The maximum absolute atomic E-state index is 12.8. The average Bonchev–Trinajstić information content (AvgIpc) is 2.46. The first-order valence-corrected chi connectivity index (χ1v) is 7.01. The van der Waals surface area contributed by atoms with Crippen molar-refractivity contribution in [2.75, 3.05) is 0 Å². The molecule has 0 unspecified atom stereocenters. The molecule has 1 aliphatic rings. The van der Waals surface area contributed by atoms with Crippen LogP contribution in [0.3, 0.4) is 0 Å². The molecule has 0 aromatic heterocycles. The minimum Gasteiger partial charge on any atom is -0.481 e.